The number of nitrogens with one attached hydrogen (secondary N) is 3. The molecule has 1 aromatic heterocycles. The second-order valence-electron chi connectivity index (χ2n) is 5.64. The van der Waals surface area contributed by atoms with Crippen LogP contribution in [0, 0.1) is 0 Å². The summed E-state index contributed by atoms with van der Waals surface area (Å²) in [5.74, 6) is -0.0692. The summed E-state index contributed by atoms with van der Waals surface area (Å²) in [7, 11) is 0. The molecule has 27 heavy (non-hydrogen) atoms. The second-order valence-corrected chi connectivity index (χ2v) is 6.07. The fourth-order valence-electron chi connectivity index (χ4n) is 2.30. The highest BCUT2D eigenvalue weighted by atomic mass is 35.5. The van der Waals surface area contributed by atoms with Crippen LogP contribution in [0.3, 0.4) is 0 Å². The van der Waals surface area contributed by atoms with Gasteiger partial charge in [-0.3, -0.25) is 9.59 Å². The van der Waals surface area contributed by atoms with Gasteiger partial charge in [0.15, 0.2) is 0 Å². The van der Waals surface area contributed by atoms with Gasteiger partial charge in [-0.25, -0.2) is 9.97 Å². The predicted molar refractivity (Wildman–Crippen MR) is 105 cm³/mol. The van der Waals surface area contributed by atoms with E-state index in [0.717, 1.165) is 5.69 Å². The maximum atomic E-state index is 12.2. The molecule has 8 heteroatoms. The molecule has 3 N–H and O–H groups in total. The van der Waals surface area contributed by atoms with Crippen LogP contribution in [0.15, 0.2) is 60.9 Å². The smallest absolute Gasteiger partial charge is 0.275 e. The minimum Gasteiger partial charge on any atom is -0.339 e. The van der Waals surface area contributed by atoms with Crippen LogP contribution in [0.5, 0.6) is 0 Å². The van der Waals surface area contributed by atoms with Gasteiger partial charge in [0.05, 0.1) is 12.4 Å². The largest absolute Gasteiger partial charge is 0.339 e. The molecule has 3 aromatic rings. The first-order valence-electron chi connectivity index (χ1n) is 8.03. The first kappa shape index (κ1) is 18.3. The minimum atomic E-state index is -0.385. The molecule has 0 bridgehead atoms. The van der Waals surface area contributed by atoms with Gasteiger partial charge in [-0.1, -0.05) is 23.7 Å². The molecule has 2 aromatic carbocycles. The highest BCUT2D eigenvalue weighted by Crippen LogP contribution is 2.19. The number of carbonyl (C=O) groups excluding carboxylic acids is 2. The lowest BCUT2D eigenvalue weighted by molar-refractivity contribution is -0.114. The summed E-state index contributed by atoms with van der Waals surface area (Å²) in [6, 6.07) is 14.0. The molecule has 136 valence electrons. The molecule has 0 aliphatic carbocycles. The topological polar surface area (TPSA) is 96.0 Å². The highest BCUT2D eigenvalue weighted by Gasteiger charge is 2.09. The van der Waals surface area contributed by atoms with Gasteiger partial charge in [0.1, 0.15) is 11.5 Å². The monoisotopic (exact) mass is 381 g/mol. The zero-order valence-electron chi connectivity index (χ0n) is 14.4. The zero-order chi connectivity index (χ0) is 19.2. The summed E-state index contributed by atoms with van der Waals surface area (Å²) in [6.07, 6.45) is 2.83. The maximum absolute atomic E-state index is 12.2. The molecule has 0 saturated heterocycles. The standard InChI is InChI=1S/C19H16ClN5O2/c1-12(26)23-15-6-3-7-16(9-15)24-18-11-21-17(10-22-18)19(27)25-14-5-2-4-13(20)8-14/h2-11H,1H3,(H,22,24)(H,23,26)(H,25,27). The molecule has 0 saturated carbocycles. The summed E-state index contributed by atoms with van der Waals surface area (Å²) in [4.78, 5) is 31.7. The third kappa shape index (κ3) is 5.26. The van der Waals surface area contributed by atoms with Crippen LogP contribution in [-0.4, -0.2) is 21.8 Å². The zero-order valence-corrected chi connectivity index (χ0v) is 15.1. The van der Waals surface area contributed by atoms with Crippen molar-refractivity contribution < 1.29 is 9.59 Å². The Kier molecular flexibility index (Phi) is 5.63. The third-order valence-electron chi connectivity index (χ3n) is 3.42. The Labute approximate surface area is 160 Å². The van der Waals surface area contributed by atoms with Crippen molar-refractivity contribution in [3.8, 4) is 0 Å². The normalized spacial score (nSPS) is 10.1. The van der Waals surface area contributed by atoms with E-state index in [9.17, 15) is 9.59 Å². The molecule has 7 nitrogen and oxygen atoms in total. The summed E-state index contributed by atoms with van der Waals surface area (Å²) in [5.41, 5.74) is 2.14. The summed E-state index contributed by atoms with van der Waals surface area (Å²) in [5, 5.41) is 9.01. The number of hydrogen-bond donors (Lipinski definition) is 3. The van der Waals surface area contributed by atoms with Crippen LogP contribution in [-0.2, 0) is 4.79 Å². The van der Waals surface area contributed by atoms with Gasteiger partial charge in [0.25, 0.3) is 5.91 Å². The van der Waals surface area contributed by atoms with Crippen molar-refractivity contribution in [3.05, 3.63) is 71.6 Å². The summed E-state index contributed by atoms with van der Waals surface area (Å²) in [6.45, 7) is 1.44. The Hall–Kier alpha value is -3.45. The molecule has 0 aliphatic heterocycles. The van der Waals surface area contributed by atoms with Gasteiger partial charge in [-0.2, -0.15) is 0 Å². The first-order valence-corrected chi connectivity index (χ1v) is 8.41. The van der Waals surface area contributed by atoms with Crippen molar-refractivity contribution in [2.45, 2.75) is 6.92 Å². The lowest BCUT2D eigenvalue weighted by atomic mass is 10.2. The van der Waals surface area contributed by atoms with Crippen LogP contribution < -0.4 is 16.0 Å². The van der Waals surface area contributed by atoms with Crippen molar-refractivity contribution in [1.29, 1.82) is 0 Å². The van der Waals surface area contributed by atoms with Gasteiger partial charge in [-0.05, 0) is 36.4 Å². The maximum Gasteiger partial charge on any atom is 0.275 e. The molecular weight excluding hydrogens is 366 g/mol. The molecule has 3 rings (SSSR count). The van der Waals surface area contributed by atoms with Gasteiger partial charge < -0.3 is 16.0 Å². The van der Waals surface area contributed by atoms with E-state index >= 15 is 0 Å². The molecule has 1 heterocycles. The van der Waals surface area contributed by atoms with E-state index in [1.807, 2.05) is 6.07 Å². The Balaban J connectivity index is 1.66. The van der Waals surface area contributed by atoms with E-state index in [0.29, 0.717) is 22.2 Å². The number of amides is 2. The number of aromatic nitrogens is 2. The number of halogens is 1. The average Bonchev–Trinajstić information content (AvgIpc) is 2.62. The minimum absolute atomic E-state index is 0.151. The van der Waals surface area contributed by atoms with E-state index in [2.05, 4.69) is 25.9 Å². The number of hydrogen-bond acceptors (Lipinski definition) is 5. The molecule has 0 fully saturated rings. The van der Waals surface area contributed by atoms with Crippen molar-refractivity contribution in [3.63, 3.8) is 0 Å². The highest BCUT2D eigenvalue weighted by molar-refractivity contribution is 6.30. The van der Waals surface area contributed by atoms with Gasteiger partial charge in [0, 0.05) is 29.0 Å². The van der Waals surface area contributed by atoms with E-state index in [1.165, 1.54) is 19.3 Å². The fraction of sp³-hybridized carbons (Fsp3) is 0.0526. The third-order valence-corrected chi connectivity index (χ3v) is 3.66. The van der Waals surface area contributed by atoms with Crippen LogP contribution in [0.4, 0.5) is 22.9 Å². The van der Waals surface area contributed by atoms with Gasteiger partial charge in [0.2, 0.25) is 5.91 Å². The fourth-order valence-corrected chi connectivity index (χ4v) is 2.49. The number of anilines is 4. The van der Waals surface area contributed by atoms with E-state index in [4.69, 9.17) is 11.6 Å². The summed E-state index contributed by atoms with van der Waals surface area (Å²) < 4.78 is 0. The molecule has 0 atom stereocenters. The molecule has 0 aliphatic rings. The first-order chi connectivity index (χ1) is 13.0. The van der Waals surface area contributed by atoms with E-state index in [1.54, 1.807) is 42.5 Å². The van der Waals surface area contributed by atoms with E-state index < -0.39 is 0 Å². The lowest BCUT2D eigenvalue weighted by Gasteiger charge is -2.09. The van der Waals surface area contributed by atoms with Crippen molar-refractivity contribution in [2.75, 3.05) is 16.0 Å². The van der Waals surface area contributed by atoms with E-state index in [-0.39, 0.29) is 17.5 Å². The SMILES string of the molecule is CC(=O)Nc1cccc(Nc2cnc(C(=O)Nc3cccc(Cl)c3)cn2)c1. The Morgan fingerprint density at radius 1 is 0.889 bits per heavy atom. The van der Waals surface area contributed by atoms with Crippen LogP contribution in [0.1, 0.15) is 17.4 Å². The van der Waals surface area contributed by atoms with Crippen molar-refractivity contribution in [2.24, 2.45) is 0 Å². The molecule has 0 unspecified atom stereocenters. The predicted octanol–water partition coefficient (Wildman–Crippen LogP) is 4.08. The van der Waals surface area contributed by atoms with Crippen molar-refractivity contribution >= 4 is 46.3 Å². The molecule has 2 amide bonds. The number of benzene rings is 2. The summed E-state index contributed by atoms with van der Waals surface area (Å²) >= 11 is 5.90. The molecule has 0 spiro atoms. The number of nitrogens with zero attached hydrogens (tertiary/aromatic N) is 2. The number of rotatable bonds is 5. The van der Waals surface area contributed by atoms with Crippen LogP contribution in [0.25, 0.3) is 0 Å². The quantitative estimate of drug-likeness (QED) is 0.618. The number of carbonyl (C=O) groups is 2. The molecular formula is C19H16ClN5O2. The van der Waals surface area contributed by atoms with Gasteiger partial charge >= 0.3 is 0 Å². The van der Waals surface area contributed by atoms with Gasteiger partial charge in [-0.15, -0.1) is 0 Å². The molecule has 0 radical (unpaired) electrons. The average molecular weight is 382 g/mol. The second kappa shape index (κ2) is 8.29. The Morgan fingerprint density at radius 2 is 1.59 bits per heavy atom. The lowest BCUT2D eigenvalue weighted by Crippen LogP contribution is -2.14. The Morgan fingerprint density at radius 3 is 2.26 bits per heavy atom. The Bertz CT molecular complexity index is 976. The van der Waals surface area contributed by atoms with Crippen molar-refractivity contribution in [1.82, 2.24) is 9.97 Å². The van der Waals surface area contributed by atoms with Crippen LogP contribution in [0.2, 0.25) is 5.02 Å². The van der Waals surface area contributed by atoms with Crippen LogP contribution >= 0.6 is 11.6 Å².